The van der Waals surface area contributed by atoms with Gasteiger partial charge in [0.2, 0.25) is 0 Å². The van der Waals surface area contributed by atoms with E-state index in [4.69, 9.17) is 5.73 Å². The predicted molar refractivity (Wildman–Crippen MR) is 91.0 cm³/mol. The highest BCUT2D eigenvalue weighted by Crippen LogP contribution is 2.16. The molecule has 0 radical (unpaired) electrons. The molecule has 0 aromatic heterocycles. The lowest BCUT2D eigenvalue weighted by atomic mass is 10.1. The summed E-state index contributed by atoms with van der Waals surface area (Å²) in [6, 6.07) is 16.6. The molecule has 0 aliphatic carbocycles. The van der Waals surface area contributed by atoms with Crippen LogP contribution < -0.4 is 5.73 Å². The molecule has 0 spiro atoms. The van der Waals surface area contributed by atoms with Crippen LogP contribution in [0, 0.1) is 0 Å². The second kappa shape index (κ2) is 6.33. The van der Waals surface area contributed by atoms with Crippen LogP contribution in [0.5, 0.6) is 0 Å². The quantitative estimate of drug-likeness (QED) is 0.910. The molecule has 2 N–H and O–H groups in total. The van der Waals surface area contributed by atoms with Crippen LogP contribution in [0.4, 0.5) is 0 Å². The van der Waals surface area contributed by atoms with Crippen LogP contribution in [0.1, 0.15) is 16.7 Å². The van der Waals surface area contributed by atoms with Crippen molar-refractivity contribution in [3.63, 3.8) is 0 Å². The standard InChI is InChI=1S/C17H16BrN3/c18-15-7-3-12(4-8-15)9-16-11-20-17(21-16)14-5-1-13(10-19)2-6-14/h1-8,11,16H,9-10,19H2. The molecule has 1 heterocycles. The van der Waals surface area contributed by atoms with Gasteiger partial charge in [0.25, 0.3) is 0 Å². The number of halogens is 1. The first-order chi connectivity index (χ1) is 10.2. The van der Waals surface area contributed by atoms with Crippen molar-refractivity contribution in [2.45, 2.75) is 19.0 Å². The van der Waals surface area contributed by atoms with E-state index in [9.17, 15) is 0 Å². The van der Waals surface area contributed by atoms with Gasteiger partial charge in [-0.3, -0.25) is 4.99 Å². The number of hydrogen-bond donors (Lipinski definition) is 1. The van der Waals surface area contributed by atoms with Crippen molar-refractivity contribution in [2.24, 2.45) is 15.7 Å². The zero-order valence-electron chi connectivity index (χ0n) is 11.5. The average molecular weight is 342 g/mol. The Balaban J connectivity index is 1.71. The summed E-state index contributed by atoms with van der Waals surface area (Å²) in [7, 11) is 0. The highest BCUT2D eigenvalue weighted by Gasteiger charge is 2.14. The first kappa shape index (κ1) is 14.2. The topological polar surface area (TPSA) is 50.7 Å². The van der Waals surface area contributed by atoms with Gasteiger partial charge in [0.05, 0.1) is 6.04 Å². The van der Waals surface area contributed by atoms with Gasteiger partial charge in [-0.2, -0.15) is 0 Å². The van der Waals surface area contributed by atoms with Gasteiger partial charge >= 0.3 is 0 Å². The Kier molecular flexibility index (Phi) is 4.27. The molecule has 3 nitrogen and oxygen atoms in total. The second-order valence-corrected chi connectivity index (χ2v) is 5.95. The summed E-state index contributed by atoms with van der Waals surface area (Å²) in [6.07, 6.45) is 2.80. The van der Waals surface area contributed by atoms with Gasteiger partial charge < -0.3 is 5.73 Å². The van der Waals surface area contributed by atoms with Gasteiger partial charge in [0.15, 0.2) is 5.84 Å². The van der Waals surface area contributed by atoms with Gasteiger partial charge in [-0.25, -0.2) is 4.99 Å². The summed E-state index contributed by atoms with van der Waals surface area (Å²) >= 11 is 3.45. The summed E-state index contributed by atoms with van der Waals surface area (Å²) in [4.78, 5) is 9.12. The molecule has 1 unspecified atom stereocenters. The molecule has 0 fully saturated rings. The summed E-state index contributed by atoms with van der Waals surface area (Å²) in [5.41, 5.74) is 9.03. The second-order valence-electron chi connectivity index (χ2n) is 5.03. The molecular weight excluding hydrogens is 326 g/mol. The predicted octanol–water partition coefficient (Wildman–Crippen LogP) is 3.35. The maximum Gasteiger partial charge on any atom is 0.154 e. The Labute approximate surface area is 132 Å². The van der Waals surface area contributed by atoms with Gasteiger partial charge in [0, 0.05) is 22.8 Å². The highest BCUT2D eigenvalue weighted by molar-refractivity contribution is 9.10. The van der Waals surface area contributed by atoms with E-state index < -0.39 is 0 Å². The molecule has 1 aliphatic heterocycles. The van der Waals surface area contributed by atoms with Crippen LogP contribution in [0.3, 0.4) is 0 Å². The molecule has 2 aromatic carbocycles. The van der Waals surface area contributed by atoms with E-state index >= 15 is 0 Å². The van der Waals surface area contributed by atoms with Crippen molar-refractivity contribution >= 4 is 28.0 Å². The van der Waals surface area contributed by atoms with Crippen molar-refractivity contribution in [2.75, 3.05) is 0 Å². The number of nitrogens with zero attached hydrogens (tertiary/aromatic N) is 2. The maximum absolute atomic E-state index is 5.61. The van der Waals surface area contributed by atoms with Gasteiger partial charge in [0.1, 0.15) is 0 Å². The number of benzene rings is 2. The molecule has 4 heteroatoms. The first-order valence-corrected chi connectivity index (χ1v) is 7.70. The molecule has 106 valence electrons. The molecule has 1 aliphatic rings. The zero-order valence-corrected chi connectivity index (χ0v) is 13.1. The fourth-order valence-corrected chi connectivity index (χ4v) is 2.54. The smallest absolute Gasteiger partial charge is 0.154 e. The van der Waals surface area contributed by atoms with E-state index in [1.165, 1.54) is 5.56 Å². The normalized spacial score (nSPS) is 17.0. The third kappa shape index (κ3) is 3.46. The number of aliphatic imine (C=N–C) groups is 2. The number of amidine groups is 1. The largest absolute Gasteiger partial charge is 0.326 e. The van der Waals surface area contributed by atoms with Gasteiger partial charge in [-0.15, -0.1) is 0 Å². The summed E-state index contributed by atoms with van der Waals surface area (Å²) in [5, 5.41) is 0. The van der Waals surface area contributed by atoms with Crippen LogP contribution in [0.25, 0.3) is 0 Å². The van der Waals surface area contributed by atoms with E-state index in [1.807, 2.05) is 30.5 Å². The van der Waals surface area contributed by atoms with Crippen molar-refractivity contribution in [3.8, 4) is 0 Å². The Morgan fingerprint density at radius 2 is 1.62 bits per heavy atom. The van der Waals surface area contributed by atoms with E-state index in [-0.39, 0.29) is 6.04 Å². The Hall–Kier alpha value is -1.78. The number of rotatable bonds is 4. The molecule has 3 rings (SSSR count). The lowest BCUT2D eigenvalue weighted by Crippen LogP contribution is -2.07. The van der Waals surface area contributed by atoms with Crippen molar-refractivity contribution in [1.29, 1.82) is 0 Å². The van der Waals surface area contributed by atoms with Gasteiger partial charge in [-0.1, -0.05) is 52.3 Å². The van der Waals surface area contributed by atoms with Gasteiger partial charge in [-0.05, 0) is 29.7 Å². The minimum absolute atomic E-state index is 0.121. The SMILES string of the molecule is NCc1ccc(C2=NC(Cc3ccc(Br)cc3)C=N2)cc1. The molecule has 0 bridgehead atoms. The van der Waals surface area contributed by atoms with E-state index in [1.54, 1.807) is 0 Å². The van der Waals surface area contributed by atoms with Crippen molar-refractivity contribution in [3.05, 3.63) is 69.7 Å². The molecule has 0 saturated carbocycles. The van der Waals surface area contributed by atoms with E-state index in [2.05, 4.69) is 50.2 Å². The summed E-state index contributed by atoms with van der Waals surface area (Å²) in [6.45, 7) is 0.558. The zero-order chi connectivity index (χ0) is 14.7. The highest BCUT2D eigenvalue weighted by atomic mass is 79.9. The molecular formula is C17H16BrN3. The molecule has 0 saturated heterocycles. The van der Waals surface area contributed by atoms with E-state index in [0.717, 1.165) is 27.9 Å². The Bertz CT molecular complexity index is 672. The van der Waals surface area contributed by atoms with Crippen LogP contribution in [-0.4, -0.2) is 18.1 Å². The molecule has 1 atom stereocenters. The van der Waals surface area contributed by atoms with Crippen LogP contribution in [0.15, 0.2) is 63.0 Å². The number of hydrogen-bond acceptors (Lipinski definition) is 3. The molecule has 21 heavy (non-hydrogen) atoms. The fraction of sp³-hybridized carbons (Fsp3) is 0.176. The van der Waals surface area contributed by atoms with Crippen LogP contribution in [-0.2, 0) is 13.0 Å². The Morgan fingerprint density at radius 1 is 0.952 bits per heavy atom. The van der Waals surface area contributed by atoms with Crippen molar-refractivity contribution in [1.82, 2.24) is 0 Å². The third-order valence-electron chi connectivity index (χ3n) is 3.46. The van der Waals surface area contributed by atoms with Crippen LogP contribution >= 0.6 is 15.9 Å². The number of nitrogens with two attached hydrogens (primary N) is 1. The molecule has 2 aromatic rings. The molecule has 0 amide bonds. The summed E-state index contributed by atoms with van der Waals surface area (Å²) in [5.74, 6) is 0.806. The minimum Gasteiger partial charge on any atom is -0.326 e. The lowest BCUT2D eigenvalue weighted by Gasteiger charge is -2.04. The minimum atomic E-state index is 0.121. The van der Waals surface area contributed by atoms with E-state index in [0.29, 0.717) is 6.54 Å². The van der Waals surface area contributed by atoms with Crippen molar-refractivity contribution < 1.29 is 0 Å². The first-order valence-electron chi connectivity index (χ1n) is 6.90. The Morgan fingerprint density at radius 3 is 2.29 bits per heavy atom. The van der Waals surface area contributed by atoms with Crippen LogP contribution in [0.2, 0.25) is 0 Å². The lowest BCUT2D eigenvalue weighted by molar-refractivity contribution is 0.879. The monoisotopic (exact) mass is 341 g/mol. The average Bonchev–Trinajstić information content (AvgIpc) is 2.98. The maximum atomic E-state index is 5.61. The third-order valence-corrected chi connectivity index (χ3v) is 3.99. The summed E-state index contributed by atoms with van der Waals surface area (Å²) < 4.78 is 1.09. The fourth-order valence-electron chi connectivity index (χ4n) is 2.28.